The Labute approximate surface area is 162 Å². The van der Waals surface area contributed by atoms with Gasteiger partial charge in [-0.1, -0.05) is 6.07 Å². The van der Waals surface area contributed by atoms with Crippen LogP contribution in [0.25, 0.3) is 0 Å². The molecule has 0 aliphatic rings. The van der Waals surface area contributed by atoms with Crippen LogP contribution in [-0.4, -0.2) is 32.4 Å². The number of anilines is 1. The number of thiocarbonyl (C=S) groups is 1. The Hall–Kier alpha value is -2.32. The van der Waals surface area contributed by atoms with Gasteiger partial charge in [0.15, 0.2) is 16.6 Å². The number of ether oxygens (including phenoxy) is 3. The second-order valence-corrected chi connectivity index (χ2v) is 7.11. The van der Waals surface area contributed by atoms with E-state index in [4.69, 9.17) is 26.4 Å². The molecule has 0 bridgehead atoms. The summed E-state index contributed by atoms with van der Waals surface area (Å²) in [5, 5.41) is 7.32. The highest BCUT2D eigenvalue weighted by Gasteiger charge is 2.20. The van der Waals surface area contributed by atoms with Crippen LogP contribution in [0.1, 0.15) is 26.4 Å². The summed E-state index contributed by atoms with van der Waals surface area (Å²) in [4.78, 5) is 13.1. The Bertz CT molecular complexity index is 818. The second kappa shape index (κ2) is 8.86. The van der Waals surface area contributed by atoms with Crippen molar-refractivity contribution >= 4 is 39.6 Å². The highest BCUT2D eigenvalue weighted by Crippen LogP contribution is 2.33. The zero-order valence-corrected chi connectivity index (χ0v) is 17.0. The van der Waals surface area contributed by atoms with Crippen LogP contribution in [-0.2, 0) is 11.3 Å². The fraction of sp³-hybridized carbons (Fsp3) is 0.333. The molecular weight excluding hydrogens is 372 g/mol. The maximum Gasteiger partial charge on any atom is 0.341 e. The number of methoxy groups -OCH3 is 3. The van der Waals surface area contributed by atoms with Crippen molar-refractivity contribution in [3.8, 4) is 11.5 Å². The quantitative estimate of drug-likeness (QED) is 0.572. The van der Waals surface area contributed by atoms with Crippen LogP contribution in [0.2, 0.25) is 0 Å². The van der Waals surface area contributed by atoms with E-state index in [1.807, 2.05) is 32.0 Å². The summed E-state index contributed by atoms with van der Waals surface area (Å²) in [5.41, 5.74) is 2.40. The average molecular weight is 395 g/mol. The number of carbonyl (C=O) groups is 1. The number of hydrogen-bond donors (Lipinski definition) is 2. The Morgan fingerprint density at radius 2 is 1.85 bits per heavy atom. The van der Waals surface area contributed by atoms with Crippen LogP contribution in [0.5, 0.6) is 11.5 Å². The Kier molecular flexibility index (Phi) is 6.82. The molecular formula is C18H22N2O4S2. The third kappa shape index (κ3) is 4.44. The van der Waals surface area contributed by atoms with Crippen LogP contribution >= 0.6 is 23.6 Å². The highest BCUT2D eigenvalue weighted by atomic mass is 32.1. The lowest BCUT2D eigenvalue weighted by Crippen LogP contribution is -2.28. The molecule has 0 unspecified atom stereocenters. The fourth-order valence-electron chi connectivity index (χ4n) is 2.38. The first kappa shape index (κ1) is 20.0. The third-order valence-electron chi connectivity index (χ3n) is 3.90. The molecule has 2 aromatic rings. The number of aryl methyl sites for hydroxylation is 1. The molecule has 0 amide bonds. The first-order valence-corrected chi connectivity index (χ1v) is 9.07. The van der Waals surface area contributed by atoms with Crippen molar-refractivity contribution < 1.29 is 19.0 Å². The van der Waals surface area contributed by atoms with E-state index < -0.39 is 0 Å². The molecule has 1 heterocycles. The molecule has 0 saturated carbocycles. The van der Waals surface area contributed by atoms with E-state index in [-0.39, 0.29) is 5.97 Å². The van der Waals surface area contributed by atoms with Gasteiger partial charge in [-0.3, -0.25) is 0 Å². The molecule has 0 spiro atoms. The summed E-state index contributed by atoms with van der Waals surface area (Å²) in [7, 11) is 4.56. The number of rotatable bonds is 6. The van der Waals surface area contributed by atoms with E-state index in [1.54, 1.807) is 14.2 Å². The Morgan fingerprint density at radius 3 is 2.46 bits per heavy atom. The molecule has 8 heteroatoms. The van der Waals surface area contributed by atoms with E-state index >= 15 is 0 Å². The summed E-state index contributed by atoms with van der Waals surface area (Å²) in [6.45, 7) is 4.35. The van der Waals surface area contributed by atoms with Gasteiger partial charge in [0.1, 0.15) is 5.00 Å². The second-order valence-electron chi connectivity index (χ2n) is 5.48. The van der Waals surface area contributed by atoms with Gasteiger partial charge >= 0.3 is 5.97 Å². The summed E-state index contributed by atoms with van der Waals surface area (Å²) in [6.07, 6.45) is 0. The lowest BCUT2D eigenvalue weighted by molar-refractivity contribution is 0.0601. The molecule has 0 saturated heterocycles. The van der Waals surface area contributed by atoms with Crippen molar-refractivity contribution in [1.82, 2.24) is 5.32 Å². The predicted octanol–water partition coefficient (Wildman–Crippen LogP) is 3.66. The topological polar surface area (TPSA) is 68.8 Å². The van der Waals surface area contributed by atoms with E-state index in [0.29, 0.717) is 33.7 Å². The Morgan fingerprint density at radius 1 is 1.15 bits per heavy atom. The molecule has 6 nitrogen and oxygen atoms in total. The minimum absolute atomic E-state index is 0.378. The zero-order chi connectivity index (χ0) is 19.3. The maximum atomic E-state index is 12.0. The zero-order valence-electron chi connectivity index (χ0n) is 15.4. The average Bonchev–Trinajstić information content (AvgIpc) is 2.92. The van der Waals surface area contributed by atoms with Gasteiger partial charge in [0, 0.05) is 11.4 Å². The number of hydrogen-bond acceptors (Lipinski definition) is 6. The van der Waals surface area contributed by atoms with Gasteiger partial charge in [-0.2, -0.15) is 0 Å². The lowest BCUT2D eigenvalue weighted by atomic mass is 10.1. The number of esters is 1. The van der Waals surface area contributed by atoms with E-state index in [1.165, 1.54) is 18.4 Å². The number of nitrogens with one attached hydrogen (secondary N) is 2. The van der Waals surface area contributed by atoms with Crippen molar-refractivity contribution in [3.05, 3.63) is 39.8 Å². The lowest BCUT2D eigenvalue weighted by Gasteiger charge is -2.12. The minimum Gasteiger partial charge on any atom is -0.493 e. The summed E-state index contributed by atoms with van der Waals surface area (Å²) in [5.74, 6) is 0.949. The molecule has 2 rings (SSSR count). The normalized spacial score (nSPS) is 10.2. The van der Waals surface area contributed by atoms with Crippen molar-refractivity contribution in [2.45, 2.75) is 20.4 Å². The standard InChI is InChI=1S/C18H22N2O4S2/c1-10-11(2)26-16(15(10)17(21)24-5)20-18(25)19-9-12-6-7-13(22-3)14(8-12)23-4/h6-8H,9H2,1-5H3,(H2,19,20,25). The van der Waals surface area contributed by atoms with E-state index in [0.717, 1.165) is 16.0 Å². The van der Waals surface area contributed by atoms with Crippen molar-refractivity contribution in [2.75, 3.05) is 26.6 Å². The molecule has 26 heavy (non-hydrogen) atoms. The van der Waals surface area contributed by atoms with Crippen molar-refractivity contribution in [2.24, 2.45) is 0 Å². The molecule has 2 N–H and O–H groups in total. The van der Waals surface area contributed by atoms with Crippen LogP contribution < -0.4 is 20.1 Å². The minimum atomic E-state index is -0.378. The first-order chi connectivity index (χ1) is 12.4. The van der Waals surface area contributed by atoms with E-state index in [9.17, 15) is 4.79 Å². The van der Waals surface area contributed by atoms with Gasteiger partial charge < -0.3 is 24.8 Å². The third-order valence-corrected chi connectivity index (χ3v) is 5.27. The largest absolute Gasteiger partial charge is 0.493 e. The van der Waals surface area contributed by atoms with Gasteiger partial charge in [-0.15, -0.1) is 11.3 Å². The summed E-state index contributed by atoms with van der Waals surface area (Å²) < 4.78 is 15.4. The van der Waals surface area contributed by atoms with Gasteiger partial charge in [0.25, 0.3) is 0 Å². The Balaban J connectivity index is 2.06. The summed E-state index contributed by atoms with van der Waals surface area (Å²) in [6, 6.07) is 5.65. The smallest absolute Gasteiger partial charge is 0.341 e. The first-order valence-electron chi connectivity index (χ1n) is 7.85. The van der Waals surface area contributed by atoms with Crippen molar-refractivity contribution in [3.63, 3.8) is 0 Å². The van der Waals surface area contributed by atoms with Crippen LogP contribution in [0.4, 0.5) is 5.00 Å². The molecule has 0 atom stereocenters. The van der Waals surface area contributed by atoms with Gasteiger partial charge in [0.2, 0.25) is 0 Å². The SMILES string of the molecule is COC(=O)c1c(NC(=S)NCc2ccc(OC)c(OC)c2)sc(C)c1C. The highest BCUT2D eigenvalue weighted by molar-refractivity contribution is 7.80. The molecule has 140 valence electrons. The molecule has 0 fully saturated rings. The monoisotopic (exact) mass is 394 g/mol. The molecule has 0 radical (unpaired) electrons. The van der Waals surface area contributed by atoms with Gasteiger partial charge in [-0.25, -0.2) is 4.79 Å². The van der Waals surface area contributed by atoms with Crippen LogP contribution in [0.3, 0.4) is 0 Å². The summed E-state index contributed by atoms with van der Waals surface area (Å²) >= 11 is 6.83. The van der Waals surface area contributed by atoms with Crippen molar-refractivity contribution in [1.29, 1.82) is 0 Å². The van der Waals surface area contributed by atoms with Gasteiger partial charge in [-0.05, 0) is 49.3 Å². The molecule has 0 aliphatic carbocycles. The fourth-order valence-corrected chi connectivity index (χ4v) is 3.67. The van der Waals surface area contributed by atoms with Crippen LogP contribution in [0, 0.1) is 13.8 Å². The van der Waals surface area contributed by atoms with Gasteiger partial charge in [0.05, 0.1) is 26.9 Å². The predicted molar refractivity (Wildman–Crippen MR) is 108 cm³/mol. The maximum absolute atomic E-state index is 12.0. The molecule has 1 aromatic heterocycles. The van der Waals surface area contributed by atoms with E-state index in [2.05, 4.69) is 10.6 Å². The molecule has 1 aromatic carbocycles. The van der Waals surface area contributed by atoms with Crippen LogP contribution in [0.15, 0.2) is 18.2 Å². The number of benzene rings is 1. The molecule has 0 aliphatic heterocycles. The number of carbonyl (C=O) groups excluding carboxylic acids is 1. The number of thiophene rings is 1.